The molecule has 158 valence electrons. The maximum atomic E-state index is 13.0. The Morgan fingerprint density at radius 1 is 1.21 bits per heavy atom. The van der Waals surface area contributed by atoms with Gasteiger partial charge in [0.25, 0.3) is 0 Å². The van der Waals surface area contributed by atoms with E-state index in [1.54, 1.807) is 31.2 Å². The molecule has 0 bridgehead atoms. The molecule has 1 amide bonds. The Labute approximate surface area is 175 Å². The molecule has 2 rings (SSSR count). The van der Waals surface area contributed by atoms with Crippen molar-refractivity contribution in [2.75, 3.05) is 13.8 Å². The highest BCUT2D eigenvalue weighted by atomic mass is 35.5. The van der Waals surface area contributed by atoms with Crippen LogP contribution in [0.25, 0.3) is 0 Å². The van der Waals surface area contributed by atoms with Gasteiger partial charge < -0.3 is 14.3 Å². The van der Waals surface area contributed by atoms with Gasteiger partial charge in [-0.3, -0.25) is 14.5 Å². The van der Waals surface area contributed by atoms with Gasteiger partial charge in [-0.1, -0.05) is 36.7 Å². The SMILES string of the molecule is CC(=O)C[C@@H](C)C(=O)OCOC(=O)N(C)[C@]1(c2ccccc2Cl)CCCCC1=O. The van der Waals surface area contributed by atoms with Crippen LogP contribution in [0, 0.1) is 5.92 Å². The van der Waals surface area contributed by atoms with Crippen LogP contribution < -0.4 is 0 Å². The van der Waals surface area contributed by atoms with E-state index in [1.807, 2.05) is 0 Å². The van der Waals surface area contributed by atoms with Crippen molar-refractivity contribution >= 4 is 35.2 Å². The molecule has 1 fully saturated rings. The van der Waals surface area contributed by atoms with Gasteiger partial charge in [0.1, 0.15) is 11.3 Å². The number of ketones is 2. The van der Waals surface area contributed by atoms with E-state index >= 15 is 0 Å². The van der Waals surface area contributed by atoms with Crippen molar-refractivity contribution in [1.82, 2.24) is 4.90 Å². The fourth-order valence-corrected chi connectivity index (χ4v) is 3.97. The first kappa shape index (κ1) is 22.9. The highest BCUT2D eigenvalue weighted by molar-refractivity contribution is 6.31. The lowest BCUT2D eigenvalue weighted by atomic mass is 9.74. The molecular formula is C21H26ClNO6. The lowest BCUT2D eigenvalue weighted by Crippen LogP contribution is -2.54. The van der Waals surface area contributed by atoms with Crippen LogP contribution in [0.1, 0.15) is 51.5 Å². The Hall–Kier alpha value is -2.41. The Balaban J connectivity index is 2.12. The number of amides is 1. The second-order valence-electron chi connectivity index (χ2n) is 7.33. The molecule has 8 heteroatoms. The van der Waals surface area contributed by atoms with E-state index in [0.717, 1.165) is 12.8 Å². The molecule has 7 nitrogen and oxygen atoms in total. The summed E-state index contributed by atoms with van der Waals surface area (Å²) < 4.78 is 10.0. The van der Waals surface area contributed by atoms with Gasteiger partial charge in [-0.25, -0.2) is 4.79 Å². The standard InChI is InChI=1S/C21H26ClNO6/c1-14(12-15(2)24)19(26)28-13-29-20(27)23(3)21(11-7-6-10-18(21)25)16-8-4-5-9-17(16)22/h4-5,8-9,14H,6-7,10-13H2,1-3H3/t14-,21+/m1/s1. The van der Waals surface area contributed by atoms with Gasteiger partial charge in [-0.15, -0.1) is 0 Å². The predicted molar refractivity (Wildman–Crippen MR) is 106 cm³/mol. The third-order valence-electron chi connectivity index (χ3n) is 5.20. The molecule has 0 N–H and O–H groups in total. The molecule has 0 unspecified atom stereocenters. The second kappa shape index (κ2) is 9.87. The van der Waals surface area contributed by atoms with Crippen LogP contribution in [-0.2, 0) is 29.4 Å². The molecule has 0 radical (unpaired) electrons. The minimum Gasteiger partial charge on any atom is -0.428 e. The van der Waals surface area contributed by atoms with Crippen molar-refractivity contribution in [3.63, 3.8) is 0 Å². The molecule has 1 aliphatic carbocycles. The summed E-state index contributed by atoms with van der Waals surface area (Å²) in [6.07, 6.45) is 1.52. The summed E-state index contributed by atoms with van der Waals surface area (Å²) in [6.45, 7) is 2.34. The summed E-state index contributed by atoms with van der Waals surface area (Å²) in [5.74, 6) is -1.50. The van der Waals surface area contributed by atoms with Crippen molar-refractivity contribution in [2.45, 2.75) is 51.5 Å². The van der Waals surface area contributed by atoms with Gasteiger partial charge in [-0.05, 0) is 32.3 Å². The molecule has 2 atom stereocenters. The summed E-state index contributed by atoms with van der Waals surface area (Å²) >= 11 is 6.36. The number of esters is 1. The minimum atomic E-state index is -1.22. The molecule has 0 saturated heterocycles. The van der Waals surface area contributed by atoms with Crippen LogP contribution in [-0.4, -0.2) is 42.4 Å². The van der Waals surface area contributed by atoms with Crippen LogP contribution in [0.2, 0.25) is 5.02 Å². The topological polar surface area (TPSA) is 90.0 Å². The number of ether oxygens (including phenoxy) is 2. The number of carbonyl (C=O) groups excluding carboxylic acids is 4. The number of rotatable bonds is 7. The van der Waals surface area contributed by atoms with E-state index in [9.17, 15) is 19.2 Å². The number of halogens is 1. The summed E-state index contributed by atoms with van der Waals surface area (Å²) in [5, 5.41) is 0.395. The van der Waals surface area contributed by atoms with E-state index in [0.29, 0.717) is 23.4 Å². The zero-order chi connectivity index (χ0) is 21.6. The summed E-state index contributed by atoms with van der Waals surface area (Å²) in [4.78, 5) is 49.8. The number of hydrogen-bond donors (Lipinski definition) is 0. The van der Waals surface area contributed by atoms with Crippen LogP contribution in [0.15, 0.2) is 24.3 Å². The van der Waals surface area contributed by atoms with Crippen LogP contribution >= 0.6 is 11.6 Å². The highest BCUT2D eigenvalue weighted by Gasteiger charge is 2.48. The van der Waals surface area contributed by atoms with Crippen molar-refractivity contribution in [3.8, 4) is 0 Å². The van der Waals surface area contributed by atoms with Crippen molar-refractivity contribution < 1.29 is 28.7 Å². The summed E-state index contributed by atoms with van der Waals surface area (Å²) in [7, 11) is 1.48. The number of hydrogen-bond acceptors (Lipinski definition) is 6. The average molecular weight is 424 g/mol. The number of nitrogens with zero attached hydrogens (tertiary/aromatic N) is 1. The van der Waals surface area contributed by atoms with Crippen molar-refractivity contribution in [3.05, 3.63) is 34.9 Å². The highest BCUT2D eigenvalue weighted by Crippen LogP contribution is 2.42. The normalized spacial score (nSPS) is 19.9. The van der Waals surface area contributed by atoms with Gasteiger partial charge in [0.2, 0.25) is 6.79 Å². The number of carbonyl (C=O) groups is 4. The Bertz CT molecular complexity index is 795. The number of Topliss-reactive ketones (excluding diaryl/α,β-unsaturated/α-hetero) is 2. The van der Waals surface area contributed by atoms with Gasteiger partial charge in [-0.2, -0.15) is 0 Å². The molecule has 1 aliphatic rings. The Morgan fingerprint density at radius 3 is 2.52 bits per heavy atom. The Morgan fingerprint density at radius 2 is 1.90 bits per heavy atom. The quantitative estimate of drug-likeness (QED) is 0.488. The largest absolute Gasteiger partial charge is 0.428 e. The summed E-state index contributed by atoms with van der Waals surface area (Å²) in [6, 6.07) is 6.94. The van der Waals surface area contributed by atoms with Crippen molar-refractivity contribution in [1.29, 1.82) is 0 Å². The monoisotopic (exact) mass is 423 g/mol. The number of likely N-dealkylation sites (N-methyl/N-ethyl adjacent to an activating group) is 1. The van der Waals surface area contributed by atoms with E-state index in [1.165, 1.54) is 18.9 Å². The van der Waals surface area contributed by atoms with Crippen LogP contribution in [0.5, 0.6) is 0 Å². The first-order chi connectivity index (χ1) is 13.7. The molecule has 0 aliphatic heterocycles. The average Bonchev–Trinajstić information content (AvgIpc) is 2.67. The Kier molecular flexibility index (Phi) is 7.79. The summed E-state index contributed by atoms with van der Waals surface area (Å²) in [5.41, 5.74) is -0.669. The molecule has 1 saturated carbocycles. The predicted octanol–water partition coefficient (Wildman–Crippen LogP) is 3.86. The maximum absolute atomic E-state index is 13.0. The first-order valence-corrected chi connectivity index (χ1v) is 9.93. The molecule has 1 aromatic rings. The molecule has 29 heavy (non-hydrogen) atoms. The molecule has 0 spiro atoms. The maximum Gasteiger partial charge on any atom is 0.413 e. The van der Waals surface area contributed by atoms with Crippen LogP contribution in [0.3, 0.4) is 0 Å². The fourth-order valence-electron chi connectivity index (χ4n) is 3.68. The minimum absolute atomic E-state index is 0.0524. The molecule has 1 aromatic carbocycles. The number of benzene rings is 1. The lowest BCUT2D eigenvalue weighted by molar-refractivity contribution is -0.158. The third-order valence-corrected chi connectivity index (χ3v) is 5.53. The van der Waals surface area contributed by atoms with E-state index < -0.39 is 30.3 Å². The van der Waals surface area contributed by atoms with E-state index in [4.69, 9.17) is 21.1 Å². The van der Waals surface area contributed by atoms with Gasteiger partial charge >= 0.3 is 12.1 Å². The van der Waals surface area contributed by atoms with Gasteiger partial charge in [0.15, 0.2) is 5.78 Å². The smallest absolute Gasteiger partial charge is 0.413 e. The third kappa shape index (κ3) is 5.15. The van der Waals surface area contributed by atoms with Gasteiger partial charge in [0, 0.05) is 30.5 Å². The molecular weight excluding hydrogens is 398 g/mol. The lowest BCUT2D eigenvalue weighted by Gasteiger charge is -2.43. The van der Waals surface area contributed by atoms with Crippen molar-refractivity contribution in [2.24, 2.45) is 5.92 Å². The van der Waals surface area contributed by atoms with Crippen LogP contribution in [0.4, 0.5) is 4.79 Å². The zero-order valence-corrected chi connectivity index (χ0v) is 17.7. The van der Waals surface area contributed by atoms with E-state index in [-0.39, 0.29) is 18.0 Å². The zero-order valence-electron chi connectivity index (χ0n) is 16.9. The van der Waals surface area contributed by atoms with Gasteiger partial charge in [0.05, 0.1) is 5.92 Å². The first-order valence-electron chi connectivity index (χ1n) is 9.55. The fraction of sp³-hybridized carbons (Fsp3) is 0.524. The molecule has 0 heterocycles. The second-order valence-corrected chi connectivity index (χ2v) is 7.74. The molecule has 0 aromatic heterocycles. The van der Waals surface area contributed by atoms with E-state index in [2.05, 4.69) is 0 Å².